The van der Waals surface area contributed by atoms with E-state index in [4.69, 9.17) is 32.7 Å². The second kappa shape index (κ2) is 10.2. The van der Waals surface area contributed by atoms with E-state index in [9.17, 15) is 14.9 Å². The van der Waals surface area contributed by atoms with Gasteiger partial charge in [-0.1, -0.05) is 11.6 Å². The number of hydrogen-bond donors (Lipinski definition) is 1. The molecule has 3 rings (SSSR count). The molecule has 0 radical (unpaired) electrons. The number of carbonyl (C=O) groups is 1. The Bertz CT molecular complexity index is 1070. The summed E-state index contributed by atoms with van der Waals surface area (Å²) in [6, 6.07) is -0.325. The molecule has 0 aromatic carbocycles. The third-order valence-corrected chi connectivity index (χ3v) is 5.48. The summed E-state index contributed by atoms with van der Waals surface area (Å²) in [5.74, 6) is 0.327. The van der Waals surface area contributed by atoms with Gasteiger partial charge in [-0.25, -0.2) is 9.78 Å². The standard InChI is InChI=1S/C20H27Cl2N7O5/c1-11(24-16-14(21)8-23-18(22)25-16)6-7-33-17-15(29(31)32)12(2)28(26-17)13-9-27(10-13)19(30)34-20(3,4)5/h8,11,13H,6-7,9-10H2,1-5H3,(H,23,24,25). The zero-order valence-electron chi connectivity index (χ0n) is 19.5. The average molecular weight is 516 g/mol. The first-order valence-corrected chi connectivity index (χ1v) is 11.4. The van der Waals surface area contributed by atoms with Gasteiger partial charge in [0.25, 0.3) is 0 Å². The van der Waals surface area contributed by atoms with Gasteiger partial charge in [0.05, 0.1) is 23.8 Å². The van der Waals surface area contributed by atoms with Crippen LogP contribution in [0.3, 0.4) is 0 Å². The predicted molar refractivity (Wildman–Crippen MR) is 126 cm³/mol. The maximum Gasteiger partial charge on any atom is 0.410 e. The summed E-state index contributed by atoms with van der Waals surface area (Å²) in [5.41, 5.74) is -0.426. The summed E-state index contributed by atoms with van der Waals surface area (Å²) in [6.45, 7) is 9.72. The van der Waals surface area contributed by atoms with Crippen molar-refractivity contribution in [3.8, 4) is 5.88 Å². The third kappa shape index (κ3) is 6.17. The number of anilines is 1. The fourth-order valence-electron chi connectivity index (χ4n) is 3.32. The van der Waals surface area contributed by atoms with Crippen molar-refractivity contribution in [2.75, 3.05) is 25.0 Å². The van der Waals surface area contributed by atoms with E-state index < -0.39 is 16.6 Å². The van der Waals surface area contributed by atoms with E-state index in [0.717, 1.165) is 0 Å². The van der Waals surface area contributed by atoms with Crippen LogP contribution in [-0.4, -0.2) is 67.0 Å². The van der Waals surface area contributed by atoms with E-state index in [0.29, 0.717) is 36.0 Å². The van der Waals surface area contributed by atoms with E-state index in [-0.39, 0.29) is 35.5 Å². The number of amides is 1. The van der Waals surface area contributed by atoms with Crippen molar-refractivity contribution in [3.63, 3.8) is 0 Å². The fourth-order valence-corrected chi connectivity index (χ4v) is 3.60. The van der Waals surface area contributed by atoms with Crippen molar-refractivity contribution in [1.29, 1.82) is 0 Å². The minimum Gasteiger partial charge on any atom is -0.472 e. The van der Waals surface area contributed by atoms with Crippen LogP contribution in [0.5, 0.6) is 5.88 Å². The maximum absolute atomic E-state index is 12.2. The number of halogens is 2. The Kier molecular flexibility index (Phi) is 7.71. The van der Waals surface area contributed by atoms with Gasteiger partial charge in [0.15, 0.2) is 0 Å². The average Bonchev–Trinajstić information content (AvgIpc) is 2.98. The van der Waals surface area contributed by atoms with Crippen LogP contribution in [0.25, 0.3) is 0 Å². The van der Waals surface area contributed by atoms with Gasteiger partial charge in [-0.15, -0.1) is 5.10 Å². The van der Waals surface area contributed by atoms with Gasteiger partial charge in [0.1, 0.15) is 22.1 Å². The van der Waals surface area contributed by atoms with E-state index in [1.165, 1.54) is 11.1 Å². The van der Waals surface area contributed by atoms with Gasteiger partial charge < -0.3 is 19.7 Å². The molecular formula is C20H27Cl2N7O5. The largest absolute Gasteiger partial charge is 0.472 e. The zero-order chi connectivity index (χ0) is 25.2. The van der Waals surface area contributed by atoms with Gasteiger partial charge in [-0.2, -0.15) is 4.98 Å². The molecule has 1 aliphatic heterocycles. The van der Waals surface area contributed by atoms with Crippen LogP contribution in [-0.2, 0) is 4.74 Å². The lowest BCUT2D eigenvalue weighted by atomic mass is 10.1. The number of nitro groups is 1. The molecule has 1 fully saturated rings. The molecule has 14 heteroatoms. The number of aromatic nitrogens is 4. The molecular weight excluding hydrogens is 489 g/mol. The van der Waals surface area contributed by atoms with E-state index in [1.807, 2.05) is 6.92 Å². The molecule has 1 N–H and O–H groups in total. The first-order valence-electron chi connectivity index (χ1n) is 10.6. The molecule has 1 aliphatic rings. The van der Waals surface area contributed by atoms with Crippen LogP contribution in [0.2, 0.25) is 10.3 Å². The first-order chi connectivity index (χ1) is 15.9. The highest BCUT2D eigenvalue weighted by Crippen LogP contribution is 2.34. The highest BCUT2D eigenvalue weighted by atomic mass is 35.5. The van der Waals surface area contributed by atoms with Crippen LogP contribution < -0.4 is 10.1 Å². The summed E-state index contributed by atoms with van der Waals surface area (Å²) < 4.78 is 12.6. The molecule has 0 bridgehead atoms. The molecule has 0 spiro atoms. The van der Waals surface area contributed by atoms with Crippen molar-refractivity contribution in [1.82, 2.24) is 24.6 Å². The van der Waals surface area contributed by atoms with Gasteiger partial charge >= 0.3 is 17.7 Å². The third-order valence-electron chi connectivity index (χ3n) is 5.02. The lowest BCUT2D eigenvalue weighted by Crippen LogP contribution is -2.52. The monoisotopic (exact) mass is 515 g/mol. The Morgan fingerprint density at radius 1 is 1.38 bits per heavy atom. The topological polar surface area (TPSA) is 138 Å². The van der Waals surface area contributed by atoms with Crippen LogP contribution in [0.4, 0.5) is 16.3 Å². The molecule has 2 aromatic heterocycles. The Morgan fingerprint density at radius 2 is 2.06 bits per heavy atom. The number of hydrogen-bond acceptors (Lipinski definition) is 9. The first kappa shape index (κ1) is 25.8. The Labute approximate surface area is 206 Å². The number of nitrogens with one attached hydrogen (secondary N) is 1. The number of carbonyl (C=O) groups excluding carboxylic acids is 1. The predicted octanol–water partition coefficient (Wildman–Crippen LogP) is 4.26. The van der Waals surface area contributed by atoms with Crippen molar-refractivity contribution in [2.24, 2.45) is 0 Å². The number of rotatable bonds is 8. The summed E-state index contributed by atoms with van der Waals surface area (Å²) in [6.07, 6.45) is 1.45. The molecule has 12 nitrogen and oxygen atoms in total. The molecule has 34 heavy (non-hydrogen) atoms. The molecule has 3 heterocycles. The molecule has 1 unspecified atom stereocenters. The Balaban J connectivity index is 1.60. The quantitative estimate of drug-likeness (QED) is 0.310. The summed E-state index contributed by atoms with van der Waals surface area (Å²) in [5, 5.41) is 19.5. The smallest absolute Gasteiger partial charge is 0.410 e. The maximum atomic E-state index is 12.2. The Morgan fingerprint density at radius 3 is 2.68 bits per heavy atom. The van der Waals surface area contributed by atoms with Gasteiger partial charge in [0, 0.05) is 25.6 Å². The van der Waals surface area contributed by atoms with E-state index in [1.54, 1.807) is 32.4 Å². The van der Waals surface area contributed by atoms with Gasteiger partial charge in [-0.3, -0.25) is 14.8 Å². The minimum absolute atomic E-state index is 0.0615. The number of ether oxygens (including phenoxy) is 2. The molecule has 0 saturated carbocycles. The van der Waals surface area contributed by atoms with E-state index >= 15 is 0 Å². The summed E-state index contributed by atoms with van der Waals surface area (Å²) in [7, 11) is 0. The molecule has 186 valence electrons. The van der Waals surface area contributed by atoms with E-state index in [2.05, 4.69) is 20.4 Å². The van der Waals surface area contributed by atoms with Crippen molar-refractivity contribution < 1.29 is 19.2 Å². The highest BCUT2D eigenvalue weighted by Gasteiger charge is 2.39. The molecule has 1 atom stereocenters. The zero-order valence-corrected chi connectivity index (χ0v) is 21.1. The van der Waals surface area contributed by atoms with Crippen molar-refractivity contribution >= 4 is 40.8 Å². The summed E-state index contributed by atoms with van der Waals surface area (Å²) in [4.78, 5) is 32.7. The second-order valence-corrected chi connectivity index (χ2v) is 9.74. The van der Waals surface area contributed by atoms with Crippen LogP contribution in [0, 0.1) is 17.0 Å². The normalized spacial score (nSPS) is 15.0. The van der Waals surface area contributed by atoms with Crippen LogP contribution in [0.1, 0.15) is 45.9 Å². The van der Waals surface area contributed by atoms with Crippen molar-refractivity contribution in [2.45, 2.75) is 58.7 Å². The summed E-state index contributed by atoms with van der Waals surface area (Å²) >= 11 is 11.9. The lowest BCUT2D eigenvalue weighted by molar-refractivity contribution is -0.386. The number of likely N-dealkylation sites (tertiary alicyclic amines) is 1. The minimum atomic E-state index is -0.597. The fraction of sp³-hybridized carbons (Fsp3) is 0.600. The molecule has 1 saturated heterocycles. The number of nitrogens with zero attached hydrogens (tertiary/aromatic N) is 6. The van der Waals surface area contributed by atoms with Crippen LogP contribution >= 0.6 is 23.2 Å². The van der Waals surface area contributed by atoms with Gasteiger partial charge in [0.2, 0.25) is 5.28 Å². The van der Waals surface area contributed by atoms with Crippen LogP contribution in [0.15, 0.2) is 6.20 Å². The highest BCUT2D eigenvalue weighted by molar-refractivity contribution is 6.33. The molecule has 1 amide bonds. The second-order valence-electron chi connectivity index (χ2n) is 9.00. The Hall–Kier alpha value is -2.86. The molecule has 2 aromatic rings. The van der Waals surface area contributed by atoms with Gasteiger partial charge in [-0.05, 0) is 46.2 Å². The van der Waals surface area contributed by atoms with Crippen molar-refractivity contribution in [3.05, 3.63) is 32.3 Å². The molecule has 0 aliphatic carbocycles. The lowest BCUT2D eigenvalue weighted by Gasteiger charge is -2.39. The SMILES string of the molecule is Cc1c([N+](=O)[O-])c(OCCC(C)Nc2nc(Cl)ncc2Cl)nn1C1CN(C(=O)OC(C)(C)C)C1.